The van der Waals surface area contributed by atoms with E-state index in [-0.39, 0.29) is 18.3 Å². The number of carbonyl (C=O) groups excluding carboxylic acids is 2. The number of hydrogen-bond acceptors (Lipinski definition) is 3. The Labute approximate surface area is 180 Å². The number of rotatable bonds is 8. The standard InChI is InChI=1S/C24H25FN4O2/c1-16-22(17(2)29(28-16)21-6-4-3-5-7-21)12-13-23(30)27-15-19(24(26)31)14-18-8-10-20(25)11-9-18/h3-13,19H,14-15H2,1-2H3,(H2,26,31)(H,27,30)/b13-12+. The number of aryl methyl sites for hydroxylation is 1. The summed E-state index contributed by atoms with van der Waals surface area (Å²) in [5.41, 5.74) is 9.76. The van der Waals surface area contributed by atoms with Gasteiger partial charge in [0, 0.05) is 23.9 Å². The number of nitrogens with one attached hydrogen (secondary N) is 1. The molecular weight excluding hydrogens is 395 g/mol. The second-order valence-corrected chi connectivity index (χ2v) is 7.34. The fourth-order valence-electron chi connectivity index (χ4n) is 3.34. The van der Waals surface area contributed by atoms with E-state index in [2.05, 4.69) is 10.4 Å². The number of benzene rings is 2. The van der Waals surface area contributed by atoms with Crippen molar-refractivity contribution in [2.45, 2.75) is 20.3 Å². The fraction of sp³-hybridized carbons (Fsp3) is 0.208. The van der Waals surface area contributed by atoms with Crippen LogP contribution in [0.2, 0.25) is 0 Å². The Balaban J connectivity index is 1.64. The normalized spacial score (nSPS) is 12.1. The number of nitrogens with zero attached hydrogens (tertiary/aromatic N) is 2. The van der Waals surface area contributed by atoms with E-state index in [1.54, 1.807) is 18.2 Å². The molecule has 0 saturated carbocycles. The molecule has 1 aromatic heterocycles. The van der Waals surface area contributed by atoms with Crippen LogP contribution >= 0.6 is 0 Å². The minimum absolute atomic E-state index is 0.0944. The summed E-state index contributed by atoms with van der Waals surface area (Å²) < 4.78 is 14.9. The zero-order valence-corrected chi connectivity index (χ0v) is 17.5. The van der Waals surface area contributed by atoms with Crippen molar-refractivity contribution in [1.82, 2.24) is 15.1 Å². The molecule has 3 N–H and O–H groups in total. The number of carbonyl (C=O) groups is 2. The van der Waals surface area contributed by atoms with Crippen molar-refractivity contribution in [2.24, 2.45) is 11.7 Å². The van der Waals surface area contributed by atoms with Crippen LogP contribution in [0.4, 0.5) is 4.39 Å². The highest BCUT2D eigenvalue weighted by Crippen LogP contribution is 2.19. The second-order valence-electron chi connectivity index (χ2n) is 7.34. The molecule has 1 unspecified atom stereocenters. The van der Waals surface area contributed by atoms with Gasteiger partial charge in [-0.1, -0.05) is 30.3 Å². The monoisotopic (exact) mass is 420 g/mol. The lowest BCUT2D eigenvalue weighted by Gasteiger charge is -2.13. The lowest BCUT2D eigenvalue weighted by Crippen LogP contribution is -2.36. The molecule has 6 nitrogen and oxygen atoms in total. The summed E-state index contributed by atoms with van der Waals surface area (Å²) in [6.45, 7) is 3.92. The summed E-state index contributed by atoms with van der Waals surface area (Å²) in [7, 11) is 0. The number of halogens is 1. The van der Waals surface area contributed by atoms with Crippen LogP contribution < -0.4 is 11.1 Å². The van der Waals surface area contributed by atoms with E-state index in [1.165, 1.54) is 18.2 Å². The van der Waals surface area contributed by atoms with Gasteiger partial charge in [-0.05, 0) is 56.2 Å². The van der Waals surface area contributed by atoms with Gasteiger partial charge in [0.05, 0.1) is 17.3 Å². The molecule has 0 aliphatic rings. The number of nitrogens with two attached hydrogens (primary N) is 1. The third-order valence-electron chi connectivity index (χ3n) is 5.07. The zero-order chi connectivity index (χ0) is 22.4. The quantitative estimate of drug-likeness (QED) is 0.549. The molecule has 160 valence electrons. The zero-order valence-electron chi connectivity index (χ0n) is 17.5. The molecule has 3 rings (SSSR count). The number of aromatic nitrogens is 2. The van der Waals surface area contributed by atoms with Gasteiger partial charge < -0.3 is 11.1 Å². The fourth-order valence-corrected chi connectivity index (χ4v) is 3.34. The highest BCUT2D eigenvalue weighted by atomic mass is 19.1. The maximum atomic E-state index is 13.1. The molecule has 2 aromatic carbocycles. The van der Waals surface area contributed by atoms with Crippen molar-refractivity contribution in [2.75, 3.05) is 6.54 Å². The Morgan fingerprint density at radius 2 is 1.81 bits per heavy atom. The van der Waals surface area contributed by atoms with Crippen LogP contribution in [0.5, 0.6) is 0 Å². The first kappa shape index (κ1) is 22.0. The third-order valence-corrected chi connectivity index (χ3v) is 5.07. The van der Waals surface area contributed by atoms with Crippen LogP contribution in [0.15, 0.2) is 60.7 Å². The van der Waals surface area contributed by atoms with E-state index in [4.69, 9.17) is 5.73 Å². The summed E-state index contributed by atoms with van der Waals surface area (Å²) in [5.74, 6) is -1.80. The average Bonchev–Trinajstić information content (AvgIpc) is 3.04. The largest absolute Gasteiger partial charge is 0.369 e. The smallest absolute Gasteiger partial charge is 0.244 e. The minimum atomic E-state index is -0.591. The predicted molar refractivity (Wildman–Crippen MR) is 118 cm³/mol. The number of para-hydroxylation sites is 1. The van der Waals surface area contributed by atoms with Gasteiger partial charge >= 0.3 is 0 Å². The van der Waals surface area contributed by atoms with E-state index >= 15 is 0 Å². The van der Waals surface area contributed by atoms with Crippen LogP contribution in [0.25, 0.3) is 11.8 Å². The van der Waals surface area contributed by atoms with E-state index < -0.39 is 11.8 Å². The first-order valence-corrected chi connectivity index (χ1v) is 9.96. The molecular formula is C24H25FN4O2. The average molecular weight is 420 g/mol. The predicted octanol–water partition coefficient (Wildman–Crippen LogP) is 3.10. The number of amides is 2. The molecule has 0 spiro atoms. The van der Waals surface area contributed by atoms with Crippen molar-refractivity contribution in [3.63, 3.8) is 0 Å². The first-order valence-electron chi connectivity index (χ1n) is 9.96. The molecule has 3 aromatic rings. The van der Waals surface area contributed by atoms with Gasteiger partial charge in [0.2, 0.25) is 11.8 Å². The summed E-state index contributed by atoms with van der Waals surface area (Å²) in [6, 6.07) is 15.6. The molecule has 7 heteroatoms. The molecule has 0 bridgehead atoms. The van der Waals surface area contributed by atoms with Crippen molar-refractivity contribution in [3.8, 4) is 5.69 Å². The summed E-state index contributed by atoms with van der Waals surface area (Å²) in [6.07, 6.45) is 3.45. The van der Waals surface area contributed by atoms with E-state index in [9.17, 15) is 14.0 Å². The molecule has 1 heterocycles. The molecule has 1 atom stereocenters. The Bertz CT molecular complexity index is 1090. The maximum Gasteiger partial charge on any atom is 0.244 e. The molecule has 2 amide bonds. The SMILES string of the molecule is Cc1nn(-c2ccccc2)c(C)c1/C=C/C(=O)NCC(Cc1ccc(F)cc1)C(N)=O. The Morgan fingerprint density at radius 1 is 1.13 bits per heavy atom. The molecule has 0 aliphatic heterocycles. The van der Waals surface area contributed by atoms with Crippen LogP contribution in [0.1, 0.15) is 22.5 Å². The van der Waals surface area contributed by atoms with Crippen LogP contribution in [0.3, 0.4) is 0 Å². The minimum Gasteiger partial charge on any atom is -0.369 e. The third kappa shape index (κ3) is 5.66. The van der Waals surface area contributed by atoms with Crippen LogP contribution in [0, 0.1) is 25.6 Å². The molecule has 0 saturated heterocycles. The van der Waals surface area contributed by atoms with Crippen molar-refractivity contribution >= 4 is 17.9 Å². The molecule has 0 fully saturated rings. The molecule has 31 heavy (non-hydrogen) atoms. The summed E-state index contributed by atoms with van der Waals surface area (Å²) in [4.78, 5) is 24.1. The highest BCUT2D eigenvalue weighted by molar-refractivity contribution is 5.92. The lowest BCUT2D eigenvalue weighted by atomic mass is 9.98. The Hall–Kier alpha value is -3.74. The lowest BCUT2D eigenvalue weighted by molar-refractivity contribution is -0.122. The number of hydrogen-bond donors (Lipinski definition) is 2. The second kappa shape index (κ2) is 9.84. The van der Waals surface area contributed by atoms with Gasteiger partial charge in [0.15, 0.2) is 0 Å². The van der Waals surface area contributed by atoms with Crippen LogP contribution in [-0.4, -0.2) is 28.1 Å². The van der Waals surface area contributed by atoms with Gasteiger partial charge in [-0.15, -0.1) is 0 Å². The van der Waals surface area contributed by atoms with Crippen LogP contribution in [-0.2, 0) is 16.0 Å². The van der Waals surface area contributed by atoms with E-state index in [0.717, 1.165) is 28.2 Å². The van der Waals surface area contributed by atoms with Crippen molar-refractivity contribution < 1.29 is 14.0 Å². The summed E-state index contributed by atoms with van der Waals surface area (Å²) >= 11 is 0. The highest BCUT2D eigenvalue weighted by Gasteiger charge is 2.17. The van der Waals surface area contributed by atoms with Crippen molar-refractivity contribution in [1.29, 1.82) is 0 Å². The topological polar surface area (TPSA) is 90.0 Å². The van der Waals surface area contributed by atoms with Crippen molar-refractivity contribution in [3.05, 3.63) is 89.0 Å². The van der Waals surface area contributed by atoms with Gasteiger partial charge in [-0.25, -0.2) is 9.07 Å². The van der Waals surface area contributed by atoms with Gasteiger partial charge in [-0.2, -0.15) is 5.10 Å². The first-order chi connectivity index (χ1) is 14.8. The van der Waals surface area contributed by atoms with Gasteiger partial charge in [0.25, 0.3) is 0 Å². The Morgan fingerprint density at radius 3 is 2.45 bits per heavy atom. The Kier molecular flexibility index (Phi) is 6.97. The summed E-state index contributed by atoms with van der Waals surface area (Å²) in [5, 5.41) is 7.27. The molecule has 0 aliphatic carbocycles. The van der Waals surface area contributed by atoms with E-state index in [1.807, 2.05) is 48.9 Å². The van der Waals surface area contributed by atoms with Gasteiger partial charge in [0.1, 0.15) is 5.82 Å². The molecule has 0 radical (unpaired) electrons. The maximum absolute atomic E-state index is 13.1. The van der Waals surface area contributed by atoms with E-state index in [0.29, 0.717) is 6.42 Å². The van der Waals surface area contributed by atoms with Gasteiger partial charge in [-0.3, -0.25) is 9.59 Å². The number of primary amides is 1.